The Kier molecular flexibility index (Phi) is 20.7. The van der Waals surface area contributed by atoms with Crippen molar-refractivity contribution < 1.29 is 52.5 Å². The van der Waals surface area contributed by atoms with Crippen LogP contribution in [0.25, 0.3) is 0 Å². The van der Waals surface area contributed by atoms with Crippen molar-refractivity contribution in [3.8, 4) is 11.8 Å². The fraction of sp³-hybridized carbons (Fsp3) is 0.643. The Morgan fingerprint density at radius 1 is 0.533 bits per heavy atom. The summed E-state index contributed by atoms with van der Waals surface area (Å²) >= 11 is 0. The van der Waals surface area contributed by atoms with Crippen molar-refractivity contribution in [1.82, 2.24) is 37.2 Å². The van der Waals surface area contributed by atoms with E-state index in [0.29, 0.717) is 12.8 Å². The topological polar surface area (TPSA) is 241 Å². The Labute approximate surface area is 354 Å². The molecule has 0 aliphatic heterocycles. The van der Waals surface area contributed by atoms with E-state index < -0.39 is 102 Å². The molecule has 18 nitrogen and oxygen atoms in total. The number of rotatable bonds is 17. The lowest BCUT2D eigenvalue weighted by atomic mass is 10.1. The first-order valence-corrected chi connectivity index (χ1v) is 19.9. The maximum absolute atomic E-state index is 13.8. The molecular formula is C42H67N7O11. The number of alkyl carbamates (subject to hydrolysis) is 4. The first-order valence-electron chi connectivity index (χ1n) is 19.9. The van der Waals surface area contributed by atoms with Gasteiger partial charge in [0.2, 0.25) is 17.7 Å². The van der Waals surface area contributed by atoms with Crippen LogP contribution >= 0.6 is 0 Å². The summed E-state index contributed by atoms with van der Waals surface area (Å²) in [7, 11) is 0. The van der Waals surface area contributed by atoms with E-state index in [2.05, 4.69) is 49.1 Å². The second-order valence-corrected chi connectivity index (χ2v) is 17.8. The molecule has 0 radical (unpaired) electrons. The van der Waals surface area contributed by atoms with Crippen LogP contribution in [0.1, 0.15) is 114 Å². The van der Waals surface area contributed by atoms with Gasteiger partial charge in [-0.3, -0.25) is 14.4 Å². The molecule has 0 heterocycles. The summed E-state index contributed by atoms with van der Waals surface area (Å²) in [6.45, 7) is 20.2. The largest absolute Gasteiger partial charge is 0.444 e. The first-order chi connectivity index (χ1) is 27.6. The van der Waals surface area contributed by atoms with E-state index in [4.69, 9.17) is 18.9 Å². The standard InChI is InChI=1S/C42H67N7O11/c1-14-18-27-20-17-21-28(23-27)19-15-16-22-43-32(50)29(47-34(52)31(49-38(56)60-42(11,12)13)26-46-36(54)58-40(5,6)7)24-44-33(51)30(48-37(55)59-41(8,9)10)25-45-35(53)57-39(2,3)4/h17,20-21,23,29-31H,15-16,19,22,24-26H2,1-13H3,(H,43,50)(H,44,51)(H,45,53)(H,46,54)(H,47,52)(H,48,55)(H,49,56). The predicted octanol–water partition coefficient (Wildman–Crippen LogP) is 3.93. The van der Waals surface area contributed by atoms with Gasteiger partial charge in [0.25, 0.3) is 0 Å². The van der Waals surface area contributed by atoms with Crippen LogP contribution in [0.15, 0.2) is 24.3 Å². The van der Waals surface area contributed by atoms with Gasteiger partial charge in [-0.1, -0.05) is 18.1 Å². The highest BCUT2D eigenvalue weighted by Crippen LogP contribution is 2.11. The minimum absolute atomic E-state index is 0.204. The fourth-order valence-electron chi connectivity index (χ4n) is 4.86. The van der Waals surface area contributed by atoms with Gasteiger partial charge in [-0.25, -0.2) is 19.2 Å². The highest BCUT2D eigenvalue weighted by Gasteiger charge is 2.32. The summed E-state index contributed by atoms with van der Waals surface area (Å²) in [6, 6.07) is 3.48. The maximum Gasteiger partial charge on any atom is 0.408 e. The zero-order valence-electron chi connectivity index (χ0n) is 37.5. The van der Waals surface area contributed by atoms with Crippen molar-refractivity contribution >= 4 is 42.1 Å². The maximum atomic E-state index is 13.8. The minimum atomic E-state index is -1.48. The predicted molar refractivity (Wildman–Crippen MR) is 225 cm³/mol. The van der Waals surface area contributed by atoms with E-state index in [1.807, 2.05) is 24.3 Å². The van der Waals surface area contributed by atoms with E-state index in [-0.39, 0.29) is 6.54 Å². The van der Waals surface area contributed by atoms with E-state index in [0.717, 1.165) is 17.5 Å². The number of nitrogens with one attached hydrogen (secondary N) is 7. The molecule has 3 unspecified atom stereocenters. The molecule has 0 bridgehead atoms. The van der Waals surface area contributed by atoms with Gasteiger partial charge in [-0.15, -0.1) is 5.92 Å². The third-order valence-corrected chi connectivity index (χ3v) is 7.21. The number of benzene rings is 1. The lowest BCUT2D eigenvalue weighted by molar-refractivity contribution is -0.130. The van der Waals surface area contributed by atoms with Crippen molar-refractivity contribution in [2.45, 2.75) is 150 Å². The van der Waals surface area contributed by atoms with E-state index in [9.17, 15) is 33.6 Å². The SMILES string of the molecule is CC#Cc1cccc(CCCCNC(=O)C(CNC(=O)C(CNC(=O)OC(C)(C)C)NC(=O)OC(C)(C)C)NC(=O)C(CNC(=O)OC(C)(C)C)NC(=O)OC(C)(C)C)c1. The number of amides is 7. The van der Waals surface area contributed by atoms with Crippen molar-refractivity contribution in [3.05, 3.63) is 35.4 Å². The van der Waals surface area contributed by atoms with Crippen LogP contribution in [0.5, 0.6) is 0 Å². The Morgan fingerprint density at radius 3 is 1.42 bits per heavy atom. The molecule has 0 aromatic heterocycles. The molecule has 7 N–H and O–H groups in total. The molecule has 336 valence electrons. The van der Waals surface area contributed by atoms with Gasteiger partial charge in [-0.2, -0.15) is 0 Å². The average Bonchev–Trinajstić information content (AvgIpc) is 3.07. The number of hydrogen-bond donors (Lipinski definition) is 7. The number of carbonyl (C=O) groups is 7. The molecule has 3 atom stereocenters. The van der Waals surface area contributed by atoms with Crippen LogP contribution in [0.2, 0.25) is 0 Å². The van der Waals surface area contributed by atoms with Crippen molar-refractivity contribution in [1.29, 1.82) is 0 Å². The Bertz CT molecular complexity index is 1690. The highest BCUT2D eigenvalue weighted by atomic mass is 16.6. The third kappa shape index (κ3) is 24.9. The number of hydrogen-bond acceptors (Lipinski definition) is 11. The van der Waals surface area contributed by atoms with Crippen molar-refractivity contribution in [3.63, 3.8) is 0 Å². The summed E-state index contributed by atoms with van der Waals surface area (Å²) < 4.78 is 21.1. The molecule has 0 fully saturated rings. The molecule has 0 aliphatic rings. The summed E-state index contributed by atoms with van der Waals surface area (Å²) in [5.74, 6) is 3.44. The minimum Gasteiger partial charge on any atom is -0.444 e. The van der Waals surface area contributed by atoms with Crippen LogP contribution in [0.4, 0.5) is 19.2 Å². The zero-order valence-corrected chi connectivity index (χ0v) is 37.5. The second kappa shape index (κ2) is 23.8. The molecule has 0 spiro atoms. The first kappa shape index (κ1) is 52.3. The summed E-state index contributed by atoms with van der Waals surface area (Å²) in [6.07, 6.45) is -1.69. The van der Waals surface area contributed by atoms with Gasteiger partial charge in [0.05, 0.1) is 13.1 Å². The van der Waals surface area contributed by atoms with Crippen LogP contribution in [0, 0.1) is 11.8 Å². The summed E-state index contributed by atoms with van der Waals surface area (Å²) in [5, 5.41) is 17.5. The highest BCUT2D eigenvalue weighted by molar-refractivity contribution is 5.93. The third-order valence-electron chi connectivity index (χ3n) is 7.21. The summed E-state index contributed by atoms with van der Waals surface area (Å²) in [5.41, 5.74) is -1.61. The van der Waals surface area contributed by atoms with Crippen molar-refractivity contribution in [2.75, 3.05) is 26.2 Å². The molecule has 7 amide bonds. The zero-order chi connectivity index (χ0) is 45.9. The van der Waals surface area contributed by atoms with Gasteiger partial charge in [0.15, 0.2) is 0 Å². The molecule has 18 heteroatoms. The van der Waals surface area contributed by atoms with Crippen LogP contribution < -0.4 is 37.2 Å². The smallest absolute Gasteiger partial charge is 0.408 e. The van der Waals surface area contributed by atoms with Gasteiger partial charge < -0.3 is 56.2 Å². The molecule has 0 saturated heterocycles. The normalized spacial score (nSPS) is 13.0. The molecule has 0 saturated carbocycles. The Balaban J connectivity index is 3.32. The lowest BCUT2D eigenvalue weighted by Crippen LogP contribution is -2.61. The van der Waals surface area contributed by atoms with Gasteiger partial charge in [-0.05, 0) is 127 Å². The molecular weight excluding hydrogens is 778 g/mol. The number of ether oxygens (including phenoxy) is 4. The number of unbranched alkanes of at least 4 members (excludes halogenated alkanes) is 1. The lowest BCUT2D eigenvalue weighted by Gasteiger charge is -2.27. The van der Waals surface area contributed by atoms with Gasteiger partial charge in [0.1, 0.15) is 40.5 Å². The number of carbonyl (C=O) groups excluding carboxylic acids is 7. The number of aryl methyl sites for hydroxylation is 1. The fourth-order valence-corrected chi connectivity index (χ4v) is 4.86. The summed E-state index contributed by atoms with van der Waals surface area (Å²) in [4.78, 5) is 91.5. The van der Waals surface area contributed by atoms with Crippen molar-refractivity contribution in [2.24, 2.45) is 0 Å². The van der Waals surface area contributed by atoms with Crippen LogP contribution in [0.3, 0.4) is 0 Å². The Morgan fingerprint density at radius 2 is 0.950 bits per heavy atom. The van der Waals surface area contributed by atoms with Crippen LogP contribution in [-0.2, 0) is 39.8 Å². The van der Waals surface area contributed by atoms with Crippen LogP contribution in [-0.4, -0.2) is 109 Å². The monoisotopic (exact) mass is 845 g/mol. The van der Waals surface area contributed by atoms with Gasteiger partial charge >= 0.3 is 24.4 Å². The second-order valence-electron chi connectivity index (χ2n) is 17.8. The molecule has 1 rings (SSSR count). The van der Waals surface area contributed by atoms with Gasteiger partial charge in [0, 0.05) is 18.7 Å². The van der Waals surface area contributed by atoms with E-state index in [1.54, 1.807) is 90.0 Å². The quantitative estimate of drug-likeness (QED) is 0.0674. The molecule has 1 aromatic carbocycles. The Hall–Kier alpha value is -5.73. The van der Waals surface area contributed by atoms with E-state index >= 15 is 0 Å². The molecule has 60 heavy (non-hydrogen) atoms. The molecule has 1 aromatic rings. The average molecular weight is 846 g/mol. The van der Waals surface area contributed by atoms with E-state index in [1.165, 1.54) is 0 Å². The molecule has 0 aliphatic carbocycles.